The molecule has 8 nitrogen and oxygen atoms in total. The first kappa shape index (κ1) is 22.0. The maximum Gasteiger partial charge on any atom is 0.337 e. The van der Waals surface area contributed by atoms with Gasteiger partial charge in [-0.1, -0.05) is 35.6 Å². The fourth-order valence-corrected chi connectivity index (χ4v) is 5.50. The number of esters is 1. The third-order valence-corrected chi connectivity index (χ3v) is 7.23. The Morgan fingerprint density at radius 3 is 2.56 bits per heavy atom. The van der Waals surface area contributed by atoms with E-state index >= 15 is 0 Å². The molecule has 1 amide bonds. The molecule has 0 fully saturated rings. The monoisotopic (exact) mass is 498 g/mol. The molecule has 0 aliphatic carbocycles. The van der Waals surface area contributed by atoms with Crippen LogP contribution in [0.2, 0.25) is 0 Å². The largest absolute Gasteiger partial charge is 0.497 e. The van der Waals surface area contributed by atoms with Gasteiger partial charge in [0.25, 0.3) is 5.91 Å². The summed E-state index contributed by atoms with van der Waals surface area (Å²) in [4.78, 5) is 45.6. The summed E-state index contributed by atoms with van der Waals surface area (Å²) in [6, 6.07) is 18.1. The topological polar surface area (TPSA) is 98.9 Å². The van der Waals surface area contributed by atoms with E-state index in [1.807, 2.05) is 12.1 Å². The molecule has 0 radical (unpaired) electrons. The zero-order valence-corrected chi connectivity index (χ0v) is 20.0. The summed E-state index contributed by atoms with van der Waals surface area (Å²) < 4.78 is 16.9. The summed E-state index contributed by atoms with van der Waals surface area (Å²) in [5, 5.41) is 0.802. The molecule has 6 rings (SSSR count). The van der Waals surface area contributed by atoms with Gasteiger partial charge in [0.05, 0.1) is 47.0 Å². The lowest BCUT2D eigenvalue weighted by Gasteiger charge is -2.22. The number of hydrogen-bond donors (Lipinski definition) is 0. The van der Waals surface area contributed by atoms with Crippen molar-refractivity contribution >= 4 is 49.5 Å². The summed E-state index contributed by atoms with van der Waals surface area (Å²) in [7, 11) is 2.89. The molecule has 0 spiro atoms. The lowest BCUT2D eigenvalue weighted by atomic mass is 9.98. The minimum Gasteiger partial charge on any atom is -0.497 e. The van der Waals surface area contributed by atoms with Crippen LogP contribution in [0.15, 0.2) is 75.9 Å². The first-order chi connectivity index (χ1) is 17.5. The second kappa shape index (κ2) is 8.31. The SMILES string of the molecule is COC(=O)c1ccc(C2c3c(oc4ccccc4c3=O)C(=O)N2c2nc3ccc(OC)cc3s2)cc1. The van der Waals surface area contributed by atoms with Crippen LogP contribution in [-0.2, 0) is 4.74 Å². The second-order valence-electron chi connectivity index (χ2n) is 8.19. The van der Waals surface area contributed by atoms with Gasteiger partial charge in [-0.05, 0) is 48.0 Å². The number of fused-ring (bicyclic) bond motifs is 3. The molecule has 2 aromatic heterocycles. The van der Waals surface area contributed by atoms with E-state index < -0.39 is 17.9 Å². The van der Waals surface area contributed by atoms with Crippen LogP contribution in [0.3, 0.4) is 0 Å². The predicted molar refractivity (Wildman–Crippen MR) is 135 cm³/mol. The Bertz CT molecular complexity index is 1740. The van der Waals surface area contributed by atoms with Gasteiger partial charge in [0, 0.05) is 0 Å². The van der Waals surface area contributed by atoms with E-state index in [1.165, 1.54) is 23.3 Å². The van der Waals surface area contributed by atoms with Gasteiger partial charge < -0.3 is 13.9 Å². The van der Waals surface area contributed by atoms with Crippen molar-refractivity contribution in [1.29, 1.82) is 0 Å². The molecule has 1 atom stereocenters. The van der Waals surface area contributed by atoms with Crippen molar-refractivity contribution in [3.05, 3.63) is 99.4 Å². The molecular formula is C27H18N2O6S. The molecule has 0 bridgehead atoms. The molecule has 36 heavy (non-hydrogen) atoms. The number of thiazole rings is 1. The van der Waals surface area contributed by atoms with Gasteiger partial charge in [0.2, 0.25) is 5.76 Å². The summed E-state index contributed by atoms with van der Waals surface area (Å²) >= 11 is 1.31. The lowest BCUT2D eigenvalue weighted by molar-refractivity contribution is 0.0600. The number of para-hydroxylation sites is 1. The van der Waals surface area contributed by atoms with Crippen molar-refractivity contribution in [1.82, 2.24) is 4.98 Å². The number of anilines is 1. The highest BCUT2D eigenvalue weighted by Crippen LogP contribution is 2.44. The molecule has 5 aromatic rings. The summed E-state index contributed by atoms with van der Waals surface area (Å²) in [6.07, 6.45) is 0. The number of nitrogens with zero attached hydrogens (tertiary/aromatic N) is 2. The Kier molecular flexibility index (Phi) is 5.08. The van der Waals surface area contributed by atoms with Gasteiger partial charge in [-0.25, -0.2) is 9.78 Å². The summed E-state index contributed by atoms with van der Waals surface area (Å²) in [6.45, 7) is 0. The molecular weight excluding hydrogens is 480 g/mol. The van der Waals surface area contributed by atoms with Crippen LogP contribution in [0, 0.1) is 0 Å². The smallest absolute Gasteiger partial charge is 0.337 e. The van der Waals surface area contributed by atoms with E-state index in [0.717, 1.165) is 4.70 Å². The van der Waals surface area contributed by atoms with Gasteiger partial charge in [-0.3, -0.25) is 14.5 Å². The second-order valence-corrected chi connectivity index (χ2v) is 9.20. The zero-order valence-electron chi connectivity index (χ0n) is 19.2. The van der Waals surface area contributed by atoms with Crippen molar-refractivity contribution in [3.8, 4) is 5.75 Å². The van der Waals surface area contributed by atoms with Crippen molar-refractivity contribution in [2.24, 2.45) is 0 Å². The molecule has 0 saturated carbocycles. The average Bonchev–Trinajstić information content (AvgIpc) is 3.46. The van der Waals surface area contributed by atoms with E-state index in [0.29, 0.717) is 38.5 Å². The molecule has 0 saturated heterocycles. The fraction of sp³-hybridized carbons (Fsp3) is 0.111. The highest BCUT2D eigenvalue weighted by Gasteiger charge is 2.45. The van der Waals surface area contributed by atoms with Crippen molar-refractivity contribution in [3.63, 3.8) is 0 Å². The molecule has 9 heteroatoms. The van der Waals surface area contributed by atoms with Crippen LogP contribution < -0.4 is 15.1 Å². The average molecular weight is 499 g/mol. The van der Waals surface area contributed by atoms with Gasteiger partial charge in [0.1, 0.15) is 11.3 Å². The third kappa shape index (κ3) is 3.28. The fourth-order valence-electron chi connectivity index (χ4n) is 4.47. The number of carbonyl (C=O) groups is 2. The molecule has 178 valence electrons. The van der Waals surface area contributed by atoms with Gasteiger partial charge in [0.15, 0.2) is 10.6 Å². The van der Waals surface area contributed by atoms with E-state index in [2.05, 4.69) is 4.98 Å². The molecule has 1 aliphatic heterocycles. The Hall–Kier alpha value is -4.50. The first-order valence-electron chi connectivity index (χ1n) is 11.0. The van der Waals surface area contributed by atoms with E-state index in [1.54, 1.807) is 61.7 Å². The van der Waals surface area contributed by atoms with Crippen LogP contribution in [0.5, 0.6) is 5.75 Å². The van der Waals surface area contributed by atoms with E-state index in [4.69, 9.17) is 13.9 Å². The van der Waals surface area contributed by atoms with Crippen molar-refractivity contribution in [2.75, 3.05) is 19.1 Å². The number of carbonyl (C=O) groups excluding carboxylic acids is 2. The van der Waals surface area contributed by atoms with Gasteiger partial charge >= 0.3 is 5.97 Å². The summed E-state index contributed by atoms with van der Waals surface area (Å²) in [5.41, 5.74) is 1.98. The highest BCUT2D eigenvalue weighted by atomic mass is 32.1. The van der Waals surface area contributed by atoms with Gasteiger partial charge in [-0.2, -0.15) is 0 Å². The van der Waals surface area contributed by atoms with E-state index in [-0.39, 0.29) is 16.8 Å². The Morgan fingerprint density at radius 1 is 1.03 bits per heavy atom. The quantitative estimate of drug-likeness (QED) is 0.323. The predicted octanol–water partition coefficient (Wildman–Crippen LogP) is 4.95. The maximum absolute atomic E-state index is 13.8. The number of ether oxygens (including phenoxy) is 2. The van der Waals surface area contributed by atoms with Gasteiger partial charge in [-0.15, -0.1) is 0 Å². The molecule has 1 unspecified atom stereocenters. The third-order valence-electron chi connectivity index (χ3n) is 6.22. The minimum atomic E-state index is -0.789. The van der Waals surface area contributed by atoms with Crippen LogP contribution in [0.1, 0.15) is 38.1 Å². The molecule has 0 N–H and O–H groups in total. The Balaban J connectivity index is 1.58. The Labute approximate surface area is 208 Å². The van der Waals surface area contributed by atoms with Crippen LogP contribution in [0.4, 0.5) is 5.13 Å². The summed E-state index contributed by atoms with van der Waals surface area (Å²) in [5.74, 6) is -0.280. The molecule has 3 heterocycles. The van der Waals surface area contributed by atoms with Crippen molar-refractivity contribution < 1.29 is 23.5 Å². The number of aromatic nitrogens is 1. The molecule has 3 aromatic carbocycles. The first-order valence-corrected chi connectivity index (χ1v) is 11.8. The number of hydrogen-bond acceptors (Lipinski definition) is 8. The highest BCUT2D eigenvalue weighted by molar-refractivity contribution is 7.22. The maximum atomic E-state index is 13.8. The lowest BCUT2D eigenvalue weighted by Crippen LogP contribution is -2.29. The standard InChI is InChI=1S/C27H18N2O6S/c1-33-16-11-12-18-20(13-16)36-27(28-18)29-22(14-7-9-15(10-8-14)26(32)34-2)21-23(30)17-5-3-4-6-19(17)35-24(21)25(29)31/h3-13,22H,1-2H3. The number of amides is 1. The number of methoxy groups -OCH3 is 2. The number of rotatable bonds is 4. The van der Waals surface area contributed by atoms with Crippen molar-refractivity contribution in [2.45, 2.75) is 6.04 Å². The number of benzene rings is 3. The van der Waals surface area contributed by atoms with Crippen LogP contribution >= 0.6 is 11.3 Å². The van der Waals surface area contributed by atoms with Crippen LogP contribution in [-0.4, -0.2) is 31.1 Å². The normalized spacial score (nSPS) is 14.9. The zero-order chi connectivity index (χ0) is 25.0. The Morgan fingerprint density at radius 2 is 1.81 bits per heavy atom. The van der Waals surface area contributed by atoms with E-state index in [9.17, 15) is 14.4 Å². The molecule has 1 aliphatic rings. The van der Waals surface area contributed by atoms with Crippen LogP contribution in [0.25, 0.3) is 21.2 Å². The minimum absolute atomic E-state index is 0.0161.